The van der Waals surface area contributed by atoms with Crippen molar-refractivity contribution in [3.63, 3.8) is 0 Å². The molecule has 1 aliphatic carbocycles. The molecule has 102 valence electrons. The molecule has 1 atom stereocenters. The first kappa shape index (κ1) is 15.4. The van der Waals surface area contributed by atoms with Crippen LogP contribution in [0.4, 0.5) is 0 Å². The molecule has 2 nitrogen and oxygen atoms in total. The van der Waals surface area contributed by atoms with Gasteiger partial charge in [0, 0.05) is 5.75 Å². The molecule has 18 heavy (non-hydrogen) atoms. The molecule has 0 fully saturated rings. The van der Waals surface area contributed by atoms with Gasteiger partial charge in [0.15, 0.2) is 0 Å². The van der Waals surface area contributed by atoms with Crippen molar-refractivity contribution in [2.45, 2.75) is 47.0 Å². The highest BCUT2D eigenvalue weighted by Crippen LogP contribution is 2.40. The Balaban J connectivity index is 2.82. The van der Waals surface area contributed by atoms with Crippen molar-refractivity contribution < 1.29 is 8.76 Å². The van der Waals surface area contributed by atoms with E-state index in [1.165, 1.54) is 30.4 Å². The second kappa shape index (κ2) is 6.48. The molecule has 0 aromatic carbocycles. The lowest BCUT2D eigenvalue weighted by molar-refractivity contribution is 0.377. The highest BCUT2D eigenvalue weighted by molar-refractivity contribution is 7.79. The monoisotopic (exact) mass is 267 g/mol. The minimum absolute atomic E-state index is 0.0948. The number of allylic oxidation sites excluding steroid dienone is 5. The molecule has 0 aromatic rings. The topological polar surface area (TPSA) is 40.1 Å². The Labute approximate surface area is 113 Å². The maximum absolute atomic E-state index is 10.5. The summed E-state index contributed by atoms with van der Waals surface area (Å²) in [6.45, 7) is 8.70. The largest absolute Gasteiger partial charge is 0.772 e. The molecule has 0 radical (unpaired) electrons. The van der Waals surface area contributed by atoms with Gasteiger partial charge < -0.3 is 4.55 Å². The molecule has 3 heteroatoms. The predicted octanol–water partition coefficient (Wildman–Crippen LogP) is 3.89. The second-order valence-corrected chi connectivity index (χ2v) is 6.62. The predicted molar refractivity (Wildman–Crippen MR) is 77.0 cm³/mol. The fraction of sp³-hybridized carbons (Fsp3) is 0.600. The zero-order chi connectivity index (χ0) is 13.8. The Morgan fingerprint density at radius 1 is 1.50 bits per heavy atom. The van der Waals surface area contributed by atoms with Crippen molar-refractivity contribution in [3.05, 3.63) is 34.9 Å². The van der Waals surface area contributed by atoms with Gasteiger partial charge in [0.1, 0.15) is 0 Å². The molecule has 0 saturated carbocycles. The lowest BCUT2D eigenvalue weighted by Gasteiger charge is -2.32. The average Bonchev–Trinajstić information content (AvgIpc) is 2.24. The maximum Gasteiger partial charge on any atom is 0.0288 e. The summed E-state index contributed by atoms with van der Waals surface area (Å²) in [5, 5.41) is 0. The Bertz CT molecular complexity index is 414. The van der Waals surface area contributed by atoms with E-state index >= 15 is 0 Å². The molecule has 1 rings (SSSR count). The van der Waals surface area contributed by atoms with E-state index in [1.807, 2.05) is 13.0 Å². The summed E-state index contributed by atoms with van der Waals surface area (Å²) in [5.41, 5.74) is 4.11. The van der Waals surface area contributed by atoms with Crippen LogP contribution < -0.4 is 0 Å². The summed E-state index contributed by atoms with van der Waals surface area (Å²) < 4.78 is 21.0. The molecule has 1 aliphatic rings. The van der Waals surface area contributed by atoms with Gasteiger partial charge in [-0.25, -0.2) is 0 Å². The molecule has 1 unspecified atom stereocenters. The molecule has 0 bridgehead atoms. The first-order valence-electron chi connectivity index (χ1n) is 6.44. The van der Waals surface area contributed by atoms with Gasteiger partial charge in [-0.15, -0.1) is 0 Å². The summed E-state index contributed by atoms with van der Waals surface area (Å²) in [5.74, 6) is 0.0948. The van der Waals surface area contributed by atoms with Crippen LogP contribution in [-0.2, 0) is 11.1 Å². The molecule has 0 amide bonds. The van der Waals surface area contributed by atoms with Crippen molar-refractivity contribution in [2.24, 2.45) is 5.41 Å². The molecular weight excluding hydrogens is 244 g/mol. The SMILES string of the molecule is CC(C=CC1=C(C)CCCC1(C)C)=CCS(=O)[O-]. The van der Waals surface area contributed by atoms with Gasteiger partial charge in [-0.05, 0) is 44.1 Å². The van der Waals surface area contributed by atoms with E-state index in [-0.39, 0.29) is 11.2 Å². The third-order valence-corrected chi connectivity index (χ3v) is 4.04. The van der Waals surface area contributed by atoms with E-state index in [1.54, 1.807) is 6.08 Å². The smallest absolute Gasteiger partial charge is 0.0288 e. The van der Waals surface area contributed by atoms with Crippen LogP contribution >= 0.6 is 0 Å². The van der Waals surface area contributed by atoms with Crippen LogP contribution in [0.1, 0.15) is 47.0 Å². The van der Waals surface area contributed by atoms with E-state index in [0.29, 0.717) is 0 Å². The van der Waals surface area contributed by atoms with Crippen molar-refractivity contribution in [1.82, 2.24) is 0 Å². The summed E-state index contributed by atoms with van der Waals surface area (Å²) in [6, 6.07) is 0. The van der Waals surface area contributed by atoms with Gasteiger partial charge in [0.25, 0.3) is 0 Å². The summed E-state index contributed by atoms with van der Waals surface area (Å²) in [6.07, 6.45) is 9.59. The van der Waals surface area contributed by atoms with Crippen LogP contribution in [0.15, 0.2) is 34.9 Å². The highest BCUT2D eigenvalue weighted by Gasteiger charge is 2.26. The van der Waals surface area contributed by atoms with Crippen LogP contribution in [0.2, 0.25) is 0 Å². The van der Waals surface area contributed by atoms with Crippen molar-refractivity contribution in [2.75, 3.05) is 5.75 Å². The van der Waals surface area contributed by atoms with E-state index in [4.69, 9.17) is 0 Å². The first-order valence-corrected chi connectivity index (χ1v) is 7.68. The van der Waals surface area contributed by atoms with Gasteiger partial charge in [-0.2, -0.15) is 0 Å². The second-order valence-electron chi connectivity index (χ2n) is 5.68. The molecule has 0 aromatic heterocycles. The normalized spacial score (nSPS) is 22.6. The maximum atomic E-state index is 10.5. The number of hydrogen-bond donors (Lipinski definition) is 0. The minimum atomic E-state index is -1.99. The zero-order valence-corrected chi connectivity index (χ0v) is 12.6. The number of rotatable bonds is 4. The number of hydrogen-bond acceptors (Lipinski definition) is 2. The quantitative estimate of drug-likeness (QED) is 0.572. The highest BCUT2D eigenvalue weighted by atomic mass is 32.2. The van der Waals surface area contributed by atoms with Crippen LogP contribution in [0.5, 0.6) is 0 Å². The van der Waals surface area contributed by atoms with Crippen molar-refractivity contribution in [3.8, 4) is 0 Å². The van der Waals surface area contributed by atoms with E-state index < -0.39 is 11.1 Å². The van der Waals surface area contributed by atoms with Gasteiger partial charge in [0.2, 0.25) is 0 Å². The van der Waals surface area contributed by atoms with Crippen molar-refractivity contribution in [1.29, 1.82) is 0 Å². The Morgan fingerprint density at radius 3 is 2.72 bits per heavy atom. The fourth-order valence-corrected chi connectivity index (χ4v) is 2.89. The van der Waals surface area contributed by atoms with E-state index in [2.05, 4.69) is 26.8 Å². The molecular formula is C15H23O2S-. The van der Waals surface area contributed by atoms with Gasteiger partial charge in [-0.3, -0.25) is 4.21 Å². The average molecular weight is 267 g/mol. The van der Waals surface area contributed by atoms with Crippen molar-refractivity contribution >= 4 is 11.1 Å². The summed E-state index contributed by atoms with van der Waals surface area (Å²) in [4.78, 5) is 0. The first-order chi connectivity index (χ1) is 8.33. The molecule has 0 spiro atoms. The Hall–Kier alpha value is -0.670. The molecule has 0 heterocycles. The van der Waals surface area contributed by atoms with Gasteiger partial charge in [0.05, 0.1) is 0 Å². The minimum Gasteiger partial charge on any atom is -0.772 e. The molecule has 0 N–H and O–H groups in total. The van der Waals surface area contributed by atoms with Gasteiger partial charge >= 0.3 is 0 Å². The van der Waals surface area contributed by atoms with Crippen LogP contribution in [0, 0.1) is 5.41 Å². The lowest BCUT2D eigenvalue weighted by Crippen LogP contribution is -2.19. The van der Waals surface area contributed by atoms with Crippen LogP contribution in [-0.4, -0.2) is 14.5 Å². The van der Waals surface area contributed by atoms with Gasteiger partial charge in [-0.1, -0.05) is 54.3 Å². The third-order valence-electron chi connectivity index (χ3n) is 3.60. The summed E-state index contributed by atoms with van der Waals surface area (Å²) >= 11 is -1.99. The lowest BCUT2D eigenvalue weighted by atomic mass is 9.72. The van der Waals surface area contributed by atoms with Crippen LogP contribution in [0.3, 0.4) is 0 Å². The van der Waals surface area contributed by atoms with E-state index in [9.17, 15) is 8.76 Å². The summed E-state index contributed by atoms with van der Waals surface area (Å²) in [7, 11) is 0. The standard InChI is InChI=1S/C15H24O2S/c1-12(9-11-18(16)17)7-8-14-13(2)6-5-10-15(14,3)4/h7-9H,5-6,10-11H2,1-4H3,(H,16,17)/p-1. The molecule has 0 saturated heterocycles. The zero-order valence-electron chi connectivity index (χ0n) is 11.8. The van der Waals surface area contributed by atoms with E-state index in [0.717, 1.165) is 5.57 Å². The fourth-order valence-electron chi connectivity index (χ4n) is 2.49. The van der Waals surface area contributed by atoms with Crippen LogP contribution in [0.25, 0.3) is 0 Å². The Morgan fingerprint density at radius 2 is 2.17 bits per heavy atom. The Kier molecular flexibility index (Phi) is 5.54. The molecule has 0 aliphatic heterocycles. The third kappa shape index (κ3) is 4.54.